The van der Waals surface area contributed by atoms with Gasteiger partial charge in [0.15, 0.2) is 12.4 Å². The number of phenolic OH excluding ortho intramolecular Hbond substituents is 1. The Morgan fingerprint density at radius 1 is 0.868 bits per heavy atom. The highest BCUT2D eigenvalue weighted by Gasteiger charge is 2.50. The van der Waals surface area contributed by atoms with E-state index in [-0.39, 0.29) is 33.4 Å². The first-order valence-corrected chi connectivity index (χ1v) is 11.9. The third-order valence-corrected chi connectivity index (χ3v) is 6.82. The predicted octanol–water partition coefficient (Wildman–Crippen LogP) is -1.32. The van der Waals surface area contributed by atoms with Gasteiger partial charge in [-0.3, -0.25) is 4.79 Å². The number of aromatic hydroxyl groups is 1. The summed E-state index contributed by atoms with van der Waals surface area (Å²) in [6.45, 7) is 0.762. The SMILES string of the molecule is CC1OC(OC2C(Oc3ccc4oc5cccc(O)c5c(=O)c4c3)OC(CO)C(O)C2O)C(O)C(O)C1O. The summed E-state index contributed by atoms with van der Waals surface area (Å²) in [6, 6.07) is 8.65. The van der Waals surface area contributed by atoms with E-state index in [1.165, 1.54) is 37.3 Å². The third kappa shape index (κ3) is 4.62. The van der Waals surface area contributed by atoms with Crippen LogP contribution in [0.4, 0.5) is 0 Å². The van der Waals surface area contributed by atoms with Gasteiger partial charge in [-0.05, 0) is 37.3 Å². The fourth-order valence-corrected chi connectivity index (χ4v) is 4.65. The zero-order valence-electron chi connectivity index (χ0n) is 20.0. The molecule has 3 heterocycles. The van der Waals surface area contributed by atoms with E-state index in [4.69, 9.17) is 23.4 Å². The molecule has 0 bridgehead atoms. The Hall–Kier alpha value is -2.85. The Labute approximate surface area is 214 Å². The van der Waals surface area contributed by atoms with E-state index < -0.39 is 73.4 Å². The second kappa shape index (κ2) is 10.4. The van der Waals surface area contributed by atoms with Gasteiger partial charge in [-0.1, -0.05) is 6.07 Å². The minimum atomic E-state index is -1.71. The van der Waals surface area contributed by atoms with Gasteiger partial charge in [0.2, 0.25) is 11.7 Å². The van der Waals surface area contributed by atoms with E-state index in [0.717, 1.165) is 0 Å². The van der Waals surface area contributed by atoms with Crippen molar-refractivity contribution in [1.82, 2.24) is 0 Å². The molecule has 0 aliphatic carbocycles. The van der Waals surface area contributed by atoms with Crippen LogP contribution >= 0.6 is 0 Å². The monoisotopic (exact) mass is 536 g/mol. The highest BCUT2D eigenvalue weighted by Crippen LogP contribution is 2.32. The van der Waals surface area contributed by atoms with Gasteiger partial charge in [-0.25, -0.2) is 0 Å². The van der Waals surface area contributed by atoms with Gasteiger partial charge in [0, 0.05) is 0 Å². The predicted molar refractivity (Wildman–Crippen MR) is 127 cm³/mol. The Kier molecular flexibility index (Phi) is 7.30. The van der Waals surface area contributed by atoms with Crippen LogP contribution in [0.25, 0.3) is 21.9 Å². The molecule has 10 atom stereocenters. The first-order valence-electron chi connectivity index (χ1n) is 11.9. The van der Waals surface area contributed by atoms with Crippen LogP contribution in [0.15, 0.2) is 45.6 Å². The second-order valence-corrected chi connectivity index (χ2v) is 9.35. The summed E-state index contributed by atoms with van der Waals surface area (Å²) in [5, 5.41) is 71.4. The number of benzene rings is 2. The zero-order chi connectivity index (χ0) is 27.3. The first kappa shape index (κ1) is 26.7. The van der Waals surface area contributed by atoms with E-state index in [1.54, 1.807) is 6.07 Å². The largest absolute Gasteiger partial charge is 0.507 e. The van der Waals surface area contributed by atoms with Gasteiger partial charge >= 0.3 is 0 Å². The molecule has 0 radical (unpaired) electrons. The zero-order valence-corrected chi connectivity index (χ0v) is 20.0. The van der Waals surface area contributed by atoms with Crippen molar-refractivity contribution in [1.29, 1.82) is 0 Å². The summed E-state index contributed by atoms with van der Waals surface area (Å²) in [5.41, 5.74) is -0.122. The quantitative estimate of drug-likeness (QED) is 0.189. The molecule has 2 aliphatic heterocycles. The van der Waals surface area contributed by atoms with Crippen LogP contribution in [-0.2, 0) is 14.2 Å². The van der Waals surface area contributed by atoms with E-state index in [0.29, 0.717) is 0 Å². The average Bonchev–Trinajstić information content (AvgIpc) is 2.90. The topological polar surface area (TPSA) is 209 Å². The van der Waals surface area contributed by atoms with Crippen LogP contribution in [0.5, 0.6) is 11.5 Å². The van der Waals surface area contributed by atoms with Crippen LogP contribution in [0.2, 0.25) is 0 Å². The van der Waals surface area contributed by atoms with Crippen LogP contribution in [0, 0.1) is 0 Å². The van der Waals surface area contributed by atoms with E-state index in [2.05, 4.69) is 0 Å². The lowest BCUT2D eigenvalue weighted by Gasteiger charge is -2.45. The third-order valence-electron chi connectivity index (χ3n) is 6.82. The number of fused-ring (bicyclic) bond motifs is 2. The molecule has 0 saturated carbocycles. The molecule has 2 fully saturated rings. The number of rotatable bonds is 5. The Morgan fingerprint density at radius 3 is 2.37 bits per heavy atom. The molecule has 2 saturated heterocycles. The van der Waals surface area contributed by atoms with Crippen LogP contribution in [0.3, 0.4) is 0 Å². The number of ether oxygens (including phenoxy) is 4. The van der Waals surface area contributed by atoms with Crippen LogP contribution in [-0.4, -0.2) is 104 Å². The lowest BCUT2D eigenvalue weighted by Crippen LogP contribution is -2.64. The Morgan fingerprint density at radius 2 is 1.63 bits per heavy atom. The lowest BCUT2D eigenvalue weighted by molar-refractivity contribution is -0.354. The van der Waals surface area contributed by atoms with E-state index >= 15 is 0 Å². The maximum absolute atomic E-state index is 13.1. The maximum atomic E-state index is 13.1. The summed E-state index contributed by atoms with van der Waals surface area (Å²) in [7, 11) is 0. The molecule has 38 heavy (non-hydrogen) atoms. The molecule has 7 N–H and O–H groups in total. The summed E-state index contributed by atoms with van der Waals surface area (Å²) in [4.78, 5) is 13.1. The molecule has 13 heteroatoms. The van der Waals surface area contributed by atoms with Crippen molar-refractivity contribution < 1.29 is 59.1 Å². The van der Waals surface area contributed by atoms with Crippen molar-refractivity contribution in [2.75, 3.05) is 6.61 Å². The van der Waals surface area contributed by atoms with Crippen molar-refractivity contribution in [3.05, 3.63) is 46.6 Å². The number of hydrogen-bond acceptors (Lipinski definition) is 13. The molecule has 0 amide bonds. The molecule has 2 aliphatic rings. The summed E-state index contributed by atoms with van der Waals surface area (Å²) >= 11 is 0. The molecule has 3 aromatic rings. The van der Waals surface area contributed by atoms with E-state index in [1.807, 2.05) is 0 Å². The molecule has 10 unspecified atom stereocenters. The molecule has 2 aromatic carbocycles. The van der Waals surface area contributed by atoms with Gasteiger partial charge in [-0.15, -0.1) is 0 Å². The number of aliphatic hydroxyl groups excluding tert-OH is 6. The minimum absolute atomic E-state index is 0.0236. The Bertz CT molecular complexity index is 1360. The molecular formula is C25H28O13. The fourth-order valence-electron chi connectivity index (χ4n) is 4.65. The summed E-state index contributed by atoms with van der Waals surface area (Å²) in [5.74, 6) is -0.212. The smallest absolute Gasteiger partial charge is 0.229 e. The van der Waals surface area contributed by atoms with Crippen molar-refractivity contribution in [2.24, 2.45) is 0 Å². The normalized spacial score (nSPS) is 36.0. The van der Waals surface area contributed by atoms with E-state index in [9.17, 15) is 40.5 Å². The van der Waals surface area contributed by atoms with Crippen LogP contribution < -0.4 is 10.2 Å². The van der Waals surface area contributed by atoms with Gasteiger partial charge in [0.25, 0.3) is 0 Å². The summed E-state index contributed by atoms with van der Waals surface area (Å²) < 4.78 is 28.3. The van der Waals surface area contributed by atoms with Gasteiger partial charge in [0.05, 0.1) is 18.1 Å². The average molecular weight is 536 g/mol. The van der Waals surface area contributed by atoms with Gasteiger partial charge in [0.1, 0.15) is 64.7 Å². The molecule has 1 aromatic heterocycles. The minimum Gasteiger partial charge on any atom is -0.507 e. The number of hydrogen-bond donors (Lipinski definition) is 7. The molecule has 5 rings (SSSR count). The number of aliphatic hydroxyl groups is 6. The van der Waals surface area contributed by atoms with Gasteiger partial charge in [-0.2, -0.15) is 0 Å². The van der Waals surface area contributed by atoms with Crippen molar-refractivity contribution in [3.63, 3.8) is 0 Å². The lowest BCUT2D eigenvalue weighted by atomic mass is 9.97. The maximum Gasteiger partial charge on any atom is 0.229 e. The summed E-state index contributed by atoms with van der Waals surface area (Å²) in [6.07, 6.45) is -14.8. The van der Waals surface area contributed by atoms with Crippen molar-refractivity contribution >= 4 is 21.9 Å². The highest BCUT2D eigenvalue weighted by atomic mass is 16.8. The standard InChI is InChI=1S/C25H28O13/c1-9-17(28)20(31)22(33)24(34-9)38-23-21(32)19(30)15(8-26)37-25(23)35-10-5-6-13-11(7-10)18(29)16-12(27)3-2-4-14(16)36-13/h2-7,9,15,17,19-28,30-33H,8H2,1H3. The highest BCUT2D eigenvalue weighted by molar-refractivity contribution is 5.93. The second-order valence-electron chi connectivity index (χ2n) is 9.35. The van der Waals surface area contributed by atoms with Crippen molar-refractivity contribution in [3.8, 4) is 11.5 Å². The first-order chi connectivity index (χ1) is 18.1. The molecule has 13 nitrogen and oxygen atoms in total. The molecule has 0 spiro atoms. The molecular weight excluding hydrogens is 508 g/mol. The van der Waals surface area contributed by atoms with Crippen molar-refractivity contribution in [2.45, 2.75) is 68.3 Å². The van der Waals surface area contributed by atoms with Crippen LogP contribution in [0.1, 0.15) is 6.92 Å². The fraction of sp³-hybridized carbons (Fsp3) is 0.480. The number of phenols is 1. The van der Waals surface area contributed by atoms with Gasteiger partial charge < -0.3 is 59.1 Å². The molecule has 206 valence electrons. The Balaban J connectivity index is 1.47.